The van der Waals surface area contributed by atoms with Crippen molar-refractivity contribution in [3.63, 3.8) is 0 Å². The second-order valence-corrected chi connectivity index (χ2v) is 7.20. The highest BCUT2D eigenvalue weighted by Crippen LogP contribution is 2.29. The Balaban J connectivity index is 1.80. The first-order valence-corrected chi connectivity index (χ1v) is 9.52. The highest BCUT2D eigenvalue weighted by molar-refractivity contribution is 7.14. The van der Waals surface area contributed by atoms with Crippen LogP contribution in [0.2, 0.25) is 0 Å². The number of hydrogen-bond donors (Lipinski definition) is 1. The first-order chi connectivity index (χ1) is 13.0. The third-order valence-corrected chi connectivity index (χ3v) is 5.14. The number of rotatable bonds is 5. The number of benzene rings is 2. The lowest BCUT2D eigenvalue weighted by Gasteiger charge is -2.19. The van der Waals surface area contributed by atoms with Crippen LogP contribution in [0, 0.1) is 20.8 Å². The summed E-state index contributed by atoms with van der Waals surface area (Å²) in [5.41, 5.74) is 8.94. The molecule has 0 saturated carbocycles. The summed E-state index contributed by atoms with van der Waals surface area (Å²) >= 11 is 1.42. The average Bonchev–Trinajstić information content (AvgIpc) is 3.08. The zero-order chi connectivity index (χ0) is 19.4. The molecule has 1 aromatic heterocycles. The molecule has 1 N–H and O–H groups in total. The summed E-state index contributed by atoms with van der Waals surface area (Å²) in [5.74, 6) is -0.0749. The lowest BCUT2D eigenvalue weighted by Crippen LogP contribution is -2.22. The minimum Gasteiger partial charge on any atom is -0.278 e. The molecular weight excluding hydrogens is 356 g/mol. The lowest BCUT2D eigenvalue weighted by atomic mass is 10.1. The van der Waals surface area contributed by atoms with Gasteiger partial charge in [-0.3, -0.25) is 15.1 Å². The molecule has 0 saturated heterocycles. The third kappa shape index (κ3) is 4.41. The second kappa shape index (κ2) is 8.14. The molecule has 27 heavy (non-hydrogen) atoms. The topological polar surface area (TPSA) is 57.6 Å². The summed E-state index contributed by atoms with van der Waals surface area (Å²) in [6.45, 7) is 7.65. The molecule has 3 rings (SSSR count). The molecular formula is C21H22N4OS. The number of carbonyl (C=O) groups is 1. The Bertz CT molecular complexity index is 993. The van der Waals surface area contributed by atoms with Gasteiger partial charge in [-0.2, -0.15) is 5.10 Å². The standard InChI is InChI=1S/C21H22N4OS/c1-14-9-10-19(11-16(14)3)25(17(4)26)21-23-18(13-27-21)12-22-24-20-8-6-5-7-15(20)2/h5-13,24H,1-4H3/b22-12-. The van der Waals surface area contributed by atoms with Gasteiger partial charge in [-0.15, -0.1) is 11.3 Å². The molecule has 0 aliphatic rings. The predicted octanol–water partition coefficient (Wildman–Crippen LogP) is 5.20. The van der Waals surface area contributed by atoms with Gasteiger partial charge < -0.3 is 0 Å². The molecule has 0 aliphatic heterocycles. The van der Waals surface area contributed by atoms with E-state index in [4.69, 9.17) is 0 Å². The van der Waals surface area contributed by atoms with Crippen LogP contribution in [-0.4, -0.2) is 17.1 Å². The van der Waals surface area contributed by atoms with Crippen molar-refractivity contribution in [2.24, 2.45) is 5.10 Å². The highest BCUT2D eigenvalue weighted by atomic mass is 32.1. The number of nitrogens with zero attached hydrogens (tertiary/aromatic N) is 3. The summed E-state index contributed by atoms with van der Waals surface area (Å²) in [5, 5.41) is 6.77. The number of thiazole rings is 1. The van der Waals surface area contributed by atoms with E-state index in [1.54, 1.807) is 18.0 Å². The van der Waals surface area contributed by atoms with Crippen molar-refractivity contribution < 1.29 is 4.79 Å². The minimum atomic E-state index is -0.0749. The van der Waals surface area contributed by atoms with Crippen LogP contribution in [0.3, 0.4) is 0 Å². The fourth-order valence-electron chi connectivity index (χ4n) is 2.60. The van der Waals surface area contributed by atoms with Gasteiger partial charge in [0.1, 0.15) is 0 Å². The molecule has 0 radical (unpaired) electrons. The van der Waals surface area contributed by atoms with E-state index in [1.165, 1.54) is 16.9 Å². The van der Waals surface area contributed by atoms with Gasteiger partial charge in [-0.1, -0.05) is 24.3 Å². The zero-order valence-electron chi connectivity index (χ0n) is 15.9. The molecule has 0 spiro atoms. The van der Waals surface area contributed by atoms with Crippen LogP contribution < -0.4 is 10.3 Å². The van der Waals surface area contributed by atoms with Gasteiger partial charge in [0.05, 0.1) is 23.3 Å². The van der Waals surface area contributed by atoms with Crippen molar-refractivity contribution >= 4 is 40.0 Å². The van der Waals surface area contributed by atoms with Crippen LogP contribution >= 0.6 is 11.3 Å². The normalized spacial score (nSPS) is 11.0. The molecule has 0 atom stereocenters. The summed E-state index contributed by atoms with van der Waals surface area (Å²) in [4.78, 5) is 18.4. The largest absolute Gasteiger partial charge is 0.278 e. The zero-order valence-corrected chi connectivity index (χ0v) is 16.7. The van der Waals surface area contributed by atoms with Gasteiger partial charge in [0, 0.05) is 12.3 Å². The van der Waals surface area contributed by atoms with Crippen LogP contribution in [0.15, 0.2) is 52.9 Å². The minimum absolute atomic E-state index is 0.0749. The van der Waals surface area contributed by atoms with E-state index in [-0.39, 0.29) is 5.91 Å². The van der Waals surface area contributed by atoms with E-state index in [0.29, 0.717) is 10.8 Å². The molecule has 6 heteroatoms. The molecule has 1 heterocycles. The van der Waals surface area contributed by atoms with E-state index in [0.717, 1.165) is 22.5 Å². The number of aryl methyl sites for hydroxylation is 3. The van der Waals surface area contributed by atoms with Crippen molar-refractivity contribution in [2.75, 3.05) is 10.3 Å². The molecule has 0 fully saturated rings. The van der Waals surface area contributed by atoms with E-state index in [1.807, 2.05) is 61.7 Å². The predicted molar refractivity (Wildman–Crippen MR) is 113 cm³/mol. The summed E-state index contributed by atoms with van der Waals surface area (Å²) in [6.07, 6.45) is 1.66. The first-order valence-electron chi connectivity index (χ1n) is 8.64. The van der Waals surface area contributed by atoms with E-state index < -0.39 is 0 Å². The van der Waals surface area contributed by atoms with Crippen LogP contribution in [0.25, 0.3) is 0 Å². The maximum Gasteiger partial charge on any atom is 0.230 e. The molecule has 2 aromatic carbocycles. The Kier molecular flexibility index (Phi) is 5.66. The summed E-state index contributed by atoms with van der Waals surface area (Å²) in [7, 11) is 0. The Morgan fingerprint density at radius 2 is 1.89 bits per heavy atom. The summed E-state index contributed by atoms with van der Waals surface area (Å²) in [6, 6.07) is 13.9. The van der Waals surface area contributed by atoms with Crippen LogP contribution in [0.1, 0.15) is 29.3 Å². The van der Waals surface area contributed by atoms with Gasteiger partial charge in [0.2, 0.25) is 5.91 Å². The fourth-order valence-corrected chi connectivity index (χ4v) is 3.43. The fraction of sp³-hybridized carbons (Fsp3) is 0.190. The molecule has 0 bridgehead atoms. The van der Waals surface area contributed by atoms with Crippen molar-refractivity contribution in [3.05, 3.63) is 70.2 Å². The molecule has 1 amide bonds. The van der Waals surface area contributed by atoms with Crippen LogP contribution in [-0.2, 0) is 4.79 Å². The molecule has 3 aromatic rings. The van der Waals surface area contributed by atoms with Crippen molar-refractivity contribution in [2.45, 2.75) is 27.7 Å². The Morgan fingerprint density at radius 3 is 2.59 bits per heavy atom. The van der Waals surface area contributed by atoms with Crippen molar-refractivity contribution in [3.8, 4) is 0 Å². The number of nitrogens with one attached hydrogen (secondary N) is 1. The smallest absolute Gasteiger partial charge is 0.230 e. The Labute approximate surface area is 163 Å². The second-order valence-electron chi connectivity index (χ2n) is 6.36. The number of carbonyl (C=O) groups excluding carboxylic acids is 1. The van der Waals surface area contributed by atoms with Gasteiger partial charge >= 0.3 is 0 Å². The van der Waals surface area contributed by atoms with E-state index in [9.17, 15) is 4.79 Å². The van der Waals surface area contributed by atoms with Gasteiger partial charge in [0.25, 0.3) is 0 Å². The Morgan fingerprint density at radius 1 is 1.11 bits per heavy atom. The molecule has 138 valence electrons. The van der Waals surface area contributed by atoms with Gasteiger partial charge in [0.15, 0.2) is 5.13 Å². The van der Waals surface area contributed by atoms with Gasteiger partial charge in [-0.25, -0.2) is 4.98 Å². The molecule has 0 aliphatic carbocycles. The highest BCUT2D eigenvalue weighted by Gasteiger charge is 2.18. The quantitative estimate of drug-likeness (QED) is 0.490. The van der Waals surface area contributed by atoms with Crippen molar-refractivity contribution in [1.82, 2.24) is 4.98 Å². The SMILES string of the molecule is CC(=O)N(c1ccc(C)c(C)c1)c1nc(/C=N\Nc2ccccc2C)cs1. The van der Waals surface area contributed by atoms with E-state index in [2.05, 4.69) is 22.4 Å². The number of aromatic nitrogens is 1. The number of anilines is 3. The summed E-state index contributed by atoms with van der Waals surface area (Å²) < 4.78 is 0. The molecule has 5 nitrogen and oxygen atoms in total. The lowest BCUT2D eigenvalue weighted by molar-refractivity contribution is -0.115. The van der Waals surface area contributed by atoms with E-state index >= 15 is 0 Å². The molecule has 0 unspecified atom stereocenters. The maximum atomic E-state index is 12.2. The number of hydrogen-bond acceptors (Lipinski definition) is 5. The van der Waals surface area contributed by atoms with Gasteiger partial charge in [-0.05, 0) is 55.7 Å². The van der Waals surface area contributed by atoms with Crippen LogP contribution in [0.5, 0.6) is 0 Å². The number of amides is 1. The maximum absolute atomic E-state index is 12.2. The Hall–Kier alpha value is -2.99. The average molecular weight is 379 g/mol. The monoisotopic (exact) mass is 378 g/mol. The third-order valence-electron chi connectivity index (χ3n) is 4.29. The number of para-hydroxylation sites is 1. The first kappa shape index (κ1) is 18.8. The van der Waals surface area contributed by atoms with Crippen molar-refractivity contribution in [1.29, 1.82) is 0 Å². The van der Waals surface area contributed by atoms with Crippen LogP contribution in [0.4, 0.5) is 16.5 Å². The number of hydrazone groups is 1.